The topological polar surface area (TPSA) is 89.8 Å². The minimum absolute atomic E-state index is 0.0433. The Labute approximate surface area is 174 Å². The first kappa shape index (κ1) is 20.2. The predicted octanol–water partition coefficient (Wildman–Crippen LogP) is 5.15. The zero-order chi connectivity index (χ0) is 20.4. The Hall–Kier alpha value is -2.55. The van der Waals surface area contributed by atoms with Crippen molar-refractivity contribution < 1.29 is 19.2 Å². The highest BCUT2D eigenvalue weighted by Gasteiger charge is 2.35. The highest BCUT2D eigenvalue weighted by Crippen LogP contribution is 2.35. The first-order chi connectivity index (χ1) is 13.3. The van der Waals surface area contributed by atoms with Gasteiger partial charge in [0.25, 0.3) is 11.1 Å². The summed E-state index contributed by atoms with van der Waals surface area (Å²) in [4.78, 5) is 36.7. The predicted molar refractivity (Wildman–Crippen MR) is 108 cm³/mol. The van der Waals surface area contributed by atoms with E-state index in [9.17, 15) is 19.7 Å². The molecule has 10 heteroatoms. The van der Waals surface area contributed by atoms with Gasteiger partial charge in [0.05, 0.1) is 33.5 Å². The number of hydrogen-bond acceptors (Lipinski definition) is 6. The van der Waals surface area contributed by atoms with E-state index >= 15 is 0 Å². The van der Waals surface area contributed by atoms with Crippen LogP contribution in [0, 0.1) is 10.1 Å². The largest absolute Gasteiger partial charge is 0.490 e. The minimum Gasteiger partial charge on any atom is -0.490 e. The lowest BCUT2D eigenvalue weighted by molar-refractivity contribution is -0.385. The number of benzene rings is 2. The maximum absolute atomic E-state index is 12.6. The fraction of sp³-hybridized carbons (Fsp3) is 0.111. The summed E-state index contributed by atoms with van der Waals surface area (Å²) in [5.74, 6) is -0.380. The number of amides is 2. The molecular formula is C18H12Cl2N2O5S. The Kier molecular flexibility index (Phi) is 5.93. The Bertz CT molecular complexity index is 1030. The van der Waals surface area contributed by atoms with Crippen molar-refractivity contribution in [2.75, 3.05) is 7.11 Å². The molecule has 144 valence electrons. The zero-order valence-corrected chi connectivity index (χ0v) is 16.7. The van der Waals surface area contributed by atoms with Gasteiger partial charge in [0.1, 0.15) is 0 Å². The van der Waals surface area contributed by atoms with E-state index in [1.807, 2.05) is 0 Å². The van der Waals surface area contributed by atoms with Crippen molar-refractivity contribution in [3.63, 3.8) is 0 Å². The molecule has 0 aliphatic carbocycles. The number of carbonyl (C=O) groups is 2. The lowest BCUT2D eigenvalue weighted by Crippen LogP contribution is -2.27. The normalized spacial score (nSPS) is 15.4. The second-order valence-corrected chi connectivity index (χ2v) is 7.51. The standard InChI is InChI=1S/C18H12Cl2N2O5S/c1-27-15-5-3-10(7-14(15)22(25)26)8-16-17(23)21(18(24)28-16)9-11-2-4-12(19)13(20)6-11/h2-8H,9H2,1H3/b16-8-. The Morgan fingerprint density at radius 1 is 1.18 bits per heavy atom. The molecule has 1 fully saturated rings. The van der Waals surface area contributed by atoms with E-state index in [-0.39, 0.29) is 22.9 Å². The van der Waals surface area contributed by atoms with Crippen LogP contribution in [-0.2, 0) is 11.3 Å². The number of rotatable bonds is 5. The Morgan fingerprint density at radius 2 is 1.93 bits per heavy atom. The number of methoxy groups -OCH3 is 1. The Balaban J connectivity index is 1.85. The van der Waals surface area contributed by atoms with E-state index < -0.39 is 16.1 Å². The second kappa shape index (κ2) is 8.22. The number of hydrogen-bond donors (Lipinski definition) is 0. The maximum atomic E-state index is 12.6. The number of nitro benzene ring substituents is 1. The molecule has 2 aromatic rings. The van der Waals surface area contributed by atoms with Crippen molar-refractivity contribution in [1.29, 1.82) is 0 Å². The van der Waals surface area contributed by atoms with Gasteiger partial charge in [-0.2, -0.15) is 0 Å². The van der Waals surface area contributed by atoms with Crippen LogP contribution in [0.2, 0.25) is 10.0 Å². The van der Waals surface area contributed by atoms with E-state index in [0.29, 0.717) is 21.2 Å². The molecule has 2 amide bonds. The highest BCUT2D eigenvalue weighted by atomic mass is 35.5. The average Bonchev–Trinajstić information content (AvgIpc) is 2.92. The Morgan fingerprint density at radius 3 is 2.57 bits per heavy atom. The third-order valence-corrected chi connectivity index (χ3v) is 5.54. The van der Waals surface area contributed by atoms with Crippen LogP contribution >= 0.6 is 35.0 Å². The number of halogens is 2. The van der Waals surface area contributed by atoms with Gasteiger partial charge in [-0.05, 0) is 47.2 Å². The molecule has 1 heterocycles. The van der Waals surface area contributed by atoms with Gasteiger partial charge in [-0.3, -0.25) is 24.6 Å². The third-order valence-electron chi connectivity index (χ3n) is 3.90. The summed E-state index contributed by atoms with van der Waals surface area (Å²) in [6.45, 7) is 0.0433. The molecule has 1 aliphatic rings. The van der Waals surface area contributed by atoms with Crippen molar-refractivity contribution >= 4 is 57.9 Å². The van der Waals surface area contributed by atoms with Gasteiger partial charge in [0.2, 0.25) is 0 Å². The lowest BCUT2D eigenvalue weighted by atomic mass is 10.1. The maximum Gasteiger partial charge on any atom is 0.311 e. The van der Waals surface area contributed by atoms with Crippen molar-refractivity contribution in [2.45, 2.75) is 6.54 Å². The molecule has 0 aromatic heterocycles. The van der Waals surface area contributed by atoms with Crippen LogP contribution in [0.15, 0.2) is 41.3 Å². The summed E-state index contributed by atoms with van der Waals surface area (Å²) in [7, 11) is 1.33. The van der Waals surface area contributed by atoms with Crippen LogP contribution in [0.1, 0.15) is 11.1 Å². The summed E-state index contributed by atoms with van der Waals surface area (Å²) >= 11 is 12.6. The summed E-state index contributed by atoms with van der Waals surface area (Å²) in [6.07, 6.45) is 1.44. The molecule has 7 nitrogen and oxygen atoms in total. The van der Waals surface area contributed by atoms with Crippen LogP contribution < -0.4 is 4.74 Å². The number of ether oxygens (including phenoxy) is 1. The molecule has 0 spiro atoms. The quantitative estimate of drug-likeness (QED) is 0.364. The fourth-order valence-corrected chi connectivity index (χ4v) is 3.71. The summed E-state index contributed by atoms with van der Waals surface area (Å²) in [6, 6.07) is 9.14. The number of carbonyl (C=O) groups excluding carboxylic acids is 2. The zero-order valence-electron chi connectivity index (χ0n) is 14.3. The van der Waals surface area contributed by atoms with Gasteiger partial charge in [-0.1, -0.05) is 35.3 Å². The molecule has 0 atom stereocenters. The van der Waals surface area contributed by atoms with E-state index in [1.54, 1.807) is 24.3 Å². The molecular weight excluding hydrogens is 427 g/mol. The summed E-state index contributed by atoms with van der Waals surface area (Å²) < 4.78 is 4.95. The molecule has 0 unspecified atom stereocenters. The van der Waals surface area contributed by atoms with Gasteiger partial charge in [0, 0.05) is 6.07 Å². The van der Waals surface area contributed by atoms with Crippen LogP contribution in [0.4, 0.5) is 10.5 Å². The lowest BCUT2D eigenvalue weighted by Gasteiger charge is -2.12. The molecule has 1 aliphatic heterocycles. The summed E-state index contributed by atoms with van der Waals surface area (Å²) in [5.41, 5.74) is 0.830. The molecule has 1 saturated heterocycles. The molecule has 0 bridgehead atoms. The van der Waals surface area contributed by atoms with Crippen LogP contribution in [0.3, 0.4) is 0 Å². The minimum atomic E-state index is -0.577. The van der Waals surface area contributed by atoms with E-state index in [0.717, 1.165) is 16.7 Å². The molecule has 0 saturated carbocycles. The van der Waals surface area contributed by atoms with Gasteiger partial charge in [-0.25, -0.2) is 0 Å². The van der Waals surface area contributed by atoms with Gasteiger partial charge < -0.3 is 4.74 Å². The third kappa shape index (κ3) is 4.14. The number of thioether (sulfide) groups is 1. The second-order valence-electron chi connectivity index (χ2n) is 5.70. The molecule has 3 rings (SSSR count). The van der Waals surface area contributed by atoms with E-state index in [1.165, 1.54) is 25.3 Å². The van der Waals surface area contributed by atoms with Crippen LogP contribution in [-0.4, -0.2) is 28.1 Å². The first-order valence-corrected chi connectivity index (χ1v) is 9.39. The highest BCUT2D eigenvalue weighted by molar-refractivity contribution is 8.18. The van der Waals surface area contributed by atoms with Gasteiger partial charge in [-0.15, -0.1) is 0 Å². The van der Waals surface area contributed by atoms with Crippen LogP contribution in [0.25, 0.3) is 6.08 Å². The SMILES string of the molecule is COc1ccc(/C=C2\SC(=O)N(Cc3ccc(Cl)c(Cl)c3)C2=O)cc1[N+](=O)[O-]. The smallest absolute Gasteiger partial charge is 0.311 e. The van der Waals surface area contributed by atoms with E-state index in [2.05, 4.69) is 0 Å². The van der Waals surface area contributed by atoms with Crippen molar-refractivity contribution in [3.05, 3.63) is 72.6 Å². The first-order valence-electron chi connectivity index (χ1n) is 7.82. The van der Waals surface area contributed by atoms with E-state index in [4.69, 9.17) is 27.9 Å². The molecule has 0 radical (unpaired) electrons. The van der Waals surface area contributed by atoms with Crippen molar-refractivity contribution in [2.24, 2.45) is 0 Å². The van der Waals surface area contributed by atoms with Crippen molar-refractivity contribution in [1.82, 2.24) is 4.90 Å². The van der Waals surface area contributed by atoms with Gasteiger partial charge in [0.15, 0.2) is 5.75 Å². The fourth-order valence-electron chi connectivity index (χ4n) is 2.55. The monoisotopic (exact) mass is 438 g/mol. The molecule has 28 heavy (non-hydrogen) atoms. The number of nitro groups is 1. The van der Waals surface area contributed by atoms with Crippen LogP contribution in [0.5, 0.6) is 5.75 Å². The van der Waals surface area contributed by atoms with Gasteiger partial charge >= 0.3 is 5.69 Å². The molecule has 2 aromatic carbocycles. The van der Waals surface area contributed by atoms with Crippen molar-refractivity contribution in [3.8, 4) is 5.75 Å². The number of nitrogens with zero attached hydrogens (tertiary/aromatic N) is 2. The average molecular weight is 439 g/mol. The summed E-state index contributed by atoms with van der Waals surface area (Å²) in [5, 5.41) is 11.4. The number of imide groups is 1. The molecule has 0 N–H and O–H groups in total.